The van der Waals surface area contributed by atoms with E-state index < -0.39 is 0 Å². The second-order valence-corrected chi connectivity index (χ2v) is 6.59. The van der Waals surface area contributed by atoms with Crippen LogP contribution in [0.15, 0.2) is 42.5 Å². The number of nitrogens with two attached hydrogens (primary N) is 1. The molecule has 6 heteroatoms. The van der Waals surface area contributed by atoms with Crippen molar-refractivity contribution in [2.45, 2.75) is 19.3 Å². The molecule has 1 atom stereocenters. The van der Waals surface area contributed by atoms with Crippen LogP contribution in [-0.4, -0.2) is 32.6 Å². The van der Waals surface area contributed by atoms with E-state index in [4.69, 9.17) is 15.2 Å². The number of nitrogens with zero attached hydrogens (tertiary/aromatic N) is 1. The van der Waals surface area contributed by atoms with E-state index in [1.807, 2.05) is 42.5 Å². The quantitative estimate of drug-likeness (QED) is 0.848. The summed E-state index contributed by atoms with van der Waals surface area (Å²) in [6, 6.07) is 13.3. The lowest BCUT2D eigenvalue weighted by Crippen LogP contribution is -2.44. The van der Waals surface area contributed by atoms with Crippen molar-refractivity contribution in [2.75, 3.05) is 25.7 Å². The normalized spacial score (nSPS) is 15.8. The van der Waals surface area contributed by atoms with E-state index in [1.165, 1.54) is 0 Å². The predicted octanol–water partition coefficient (Wildman–Crippen LogP) is 2.33. The fourth-order valence-electron chi connectivity index (χ4n) is 3.55. The molecule has 1 aliphatic heterocycles. The number of primary amides is 1. The van der Waals surface area contributed by atoms with Crippen molar-refractivity contribution in [1.29, 1.82) is 0 Å². The van der Waals surface area contributed by atoms with Gasteiger partial charge in [0.05, 0.1) is 20.1 Å². The van der Waals surface area contributed by atoms with E-state index in [2.05, 4.69) is 0 Å². The zero-order valence-electron chi connectivity index (χ0n) is 15.6. The number of fused-ring (bicyclic) bond motifs is 1. The van der Waals surface area contributed by atoms with Gasteiger partial charge in [-0.3, -0.25) is 9.59 Å². The first kappa shape index (κ1) is 18.8. The molecule has 1 heterocycles. The fourth-order valence-corrected chi connectivity index (χ4v) is 3.55. The van der Waals surface area contributed by atoms with Gasteiger partial charge in [0.1, 0.15) is 0 Å². The lowest BCUT2D eigenvalue weighted by molar-refractivity contribution is -0.122. The first-order chi connectivity index (χ1) is 13.0. The standard InChI is InChI=1S/C21H24N2O4/c1-26-18-9-5-7-14(20(18)27-2)10-11-19(24)23-13-16(21(22)25)12-15-6-3-4-8-17(15)23/h3-9,16H,10-13H2,1-2H3,(H2,22,25). The number of para-hydroxylation sites is 2. The molecular weight excluding hydrogens is 344 g/mol. The number of aryl methyl sites for hydroxylation is 1. The van der Waals surface area contributed by atoms with Crippen molar-refractivity contribution in [2.24, 2.45) is 11.7 Å². The second-order valence-electron chi connectivity index (χ2n) is 6.59. The van der Waals surface area contributed by atoms with E-state index >= 15 is 0 Å². The highest BCUT2D eigenvalue weighted by Gasteiger charge is 2.31. The minimum atomic E-state index is -0.378. The third-order valence-corrected chi connectivity index (χ3v) is 4.95. The van der Waals surface area contributed by atoms with Crippen LogP contribution in [0.3, 0.4) is 0 Å². The largest absolute Gasteiger partial charge is 0.493 e. The summed E-state index contributed by atoms with van der Waals surface area (Å²) in [4.78, 5) is 26.4. The molecule has 0 aromatic heterocycles. The zero-order valence-corrected chi connectivity index (χ0v) is 15.6. The van der Waals surface area contributed by atoms with E-state index in [-0.39, 0.29) is 17.7 Å². The molecule has 2 N–H and O–H groups in total. The summed E-state index contributed by atoms with van der Waals surface area (Å²) in [6.07, 6.45) is 1.38. The Labute approximate surface area is 158 Å². The molecule has 6 nitrogen and oxygen atoms in total. The predicted molar refractivity (Wildman–Crippen MR) is 103 cm³/mol. The van der Waals surface area contributed by atoms with E-state index in [9.17, 15) is 9.59 Å². The van der Waals surface area contributed by atoms with Gasteiger partial charge in [0, 0.05) is 18.7 Å². The van der Waals surface area contributed by atoms with Crippen LogP contribution in [0.5, 0.6) is 11.5 Å². The molecular formula is C21H24N2O4. The van der Waals surface area contributed by atoms with Gasteiger partial charge < -0.3 is 20.1 Å². The summed E-state index contributed by atoms with van der Waals surface area (Å²) >= 11 is 0. The van der Waals surface area contributed by atoms with Crippen LogP contribution in [0.4, 0.5) is 5.69 Å². The monoisotopic (exact) mass is 368 g/mol. The van der Waals surface area contributed by atoms with Gasteiger partial charge in [0.15, 0.2) is 11.5 Å². The fraction of sp³-hybridized carbons (Fsp3) is 0.333. The maximum Gasteiger partial charge on any atom is 0.227 e. The van der Waals surface area contributed by atoms with Crippen molar-refractivity contribution in [3.63, 3.8) is 0 Å². The lowest BCUT2D eigenvalue weighted by Gasteiger charge is -2.33. The zero-order chi connectivity index (χ0) is 19.4. The summed E-state index contributed by atoms with van der Waals surface area (Å²) in [5.74, 6) is 0.492. The number of benzene rings is 2. The summed E-state index contributed by atoms with van der Waals surface area (Å²) in [6.45, 7) is 0.320. The summed E-state index contributed by atoms with van der Waals surface area (Å²) in [5, 5.41) is 0. The Bertz CT molecular complexity index is 850. The van der Waals surface area contributed by atoms with Crippen LogP contribution in [0.25, 0.3) is 0 Å². The number of amides is 2. The number of rotatable bonds is 6. The number of carbonyl (C=O) groups excluding carboxylic acids is 2. The highest BCUT2D eigenvalue weighted by atomic mass is 16.5. The van der Waals surface area contributed by atoms with Crippen LogP contribution < -0.4 is 20.1 Å². The summed E-state index contributed by atoms with van der Waals surface area (Å²) in [5.41, 5.74) is 8.25. The Morgan fingerprint density at radius 2 is 1.89 bits per heavy atom. The van der Waals surface area contributed by atoms with Gasteiger partial charge in [-0.1, -0.05) is 30.3 Å². The maximum absolute atomic E-state index is 13.0. The minimum Gasteiger partial charge on any atom is -0.493 e. The molecule has 0 saturated heterocycles. The van der Waals surface area contributed by atoms with Crippen molar-refractivity contribution in [3.8, 4) is 11.5 Å². The molecule has 2 aromatic carbocycles. The van der Waals surface area contributed by atoms with Gasteiger partial charge in [-0.2, -0.15) is 0 Å². The first-order valence-corrected chi connectivity index (χ1v) is 8.92. The summed E-state index contributed by atoms with van der Waals surface area (Å²) < 4.78 is 10.8. The molecule has 3 rings (SSSR count). The number of ether oxygens (including phenoxy) is 2. The van der Waals surface area contributed by atoms with Gasteiger partial charge in [0.25, 0.3) is 0 Å². The Balaban J connectivity index is 1.79. The number of anilines is 1. The van der Waals surface area contributed by atoms with Crippen molar-refractivity contribution in [1.82, 2.24) is 0 Å². The molecule has 27 heavy (non-hydrogen) atoms. The van der Waals surface area contributed by atoms with Crippen molar-refractivity contribution < 1.29 is 19.1 Å². The average molecular weight is 368 g/mol. The SMILES string of the molecule is COc1cccc(CCC(=O)N2CC(C(N)=O)Cc3ccccc32)c1OC. The van der Waals surface area contributed by atoms with Gasteiger partial charge in [-0.15, -0.1) is 0 Å². The molecule has 1 unspecified atom stereocenters. The third kappa shape index (κ3) is 3.89. The topological polar surface area (TPSA) is 81.9 Å². The number of hydrogen-bond donors (Lipinski definition) is 1. The highest BCUT2D eigenvalue weighted by Crippen LogP contribution is 2.33. The molecule has 0 spiro atoms. The number of hydrogen-bond acceptors (Lipinski definition) is 4. The van der Waals surface area contributed by atoms with Gasteiger partial charge >= 0.3 is 0 Å². The van der Waals surface area contributed by atoms with Crippen LogP contribution in [0.2, 0.25) is 0 Å². The van der Waals surface area contributed by atoms with E-state index in [0.29, 0.717) is 37.3 Å². The Morgan fingerprint density at radius 3 is 2.59 bits per heavy atom. The Morgan fingerprint density at radius 1 is 1.11 bits per heavy atom. The van der Waals surface area contributed by atoms with Crippen LogP contribution in [-0.2, 0) is 22.4 Å². The molecule has 0 aliphatic carbocycles. The molecule has 0 radical (unpaired) electrons. The molecule has 1 aliphatic rings. The van der Waals surface area contributed by atoms with Gasteiger partial charge in [-0.05, 0) is 36.1 Å². The van der Waals surface area contributed by atoms with Crippen LogP contribution in [0, 0.1) is 5.92 Å². The van der Waals surface area contributed by atoms with Gasteiger partial charge in [0.2, 0.25) is 11.8 Å². The smallest absolute Gasteiger partial charge is 0.227 e. The average Bonchev–Trinajstić information content (AvgIpc) is 2.70. The first-order valence-electron chi connectivity index (χ1n) is 8.92. The van der Waals surface area contributed by atoms with Crippen LogP contribution >= 0.6 is 0 Å². The summed E-state index contributed by atoms with van der Waals surface area (Å²) in [7, 11) is 3.17. The van der Waals surface area contributed by atoms with Crippen molar-refractivity contribution in [3.05, 3.63) is 53.6 Å². The molecule has 2 amide bonds. The Kier molecular flexibility index (Phi) is 5.64. The van der Waals surface area contributed by atoms with E-state index in [0.717, 1.165) is 16.8 Å². The van der Waals surface area contributed by atoms with E-state index in [1.54, 1.807) is 19.1 Å². The Hall–Kier alpha value is -3.02. The number of methoxy groups -OCH3 is 2. The molecule has 0 saturated carbocycles. The van der Waals surface area contributed by atoms with Crippen LogP contribution in [0.1, 0.15) is 17.5 Å². The molecule has 2 aromatic rings. The highest BCUT2D eigenvalue weighted by molar-refractivity contribution is 5.96. The minimum absolute atomic E-state index is 0.0433. The second kappa shape index (κ2) is 8.12. The molecule has 142 valence electrons. The van der Waals surface area contributed by atoms with Gasteiger partial charge in [-0.25, -0.2) is 0 Å². The molecule has 0 fully saturated rings. The lowest BCUT2D eigenvalue weighted by atomic mass is 9.91. The number of carbonyl (C=O) groups is 2. The molecule has 0 bridgehead atoms. The third-order valence-electron chi connectivity index (χ3n) is 4.95. The van der Waals surface area contributed by atoms with Crippen molar-refractivity contribution >= 4 is 17.5 Å². The maximum atomic E-state index is 13.0.